The third-order valence-corrected chi connectivity index (χ3v) is 3.37. The largest absolute Gasteiger partial charge is 0.494 e. The van der Waals surface area contributed by atoms with E-state index in [4.69, 9.17) is 4.74 Å². The van der Waals surface area contributed by atoms with Gasteiger partial charge in [0.15, 0.2) is 5.88 Å². The van der Waals surface area contributed by atoms with Crippen LogP contribution in [0.25, 0.3) is 0 Å². The van der Waals surface area contributed by atoms with Crippen LogP contribution in [0.2, 0.25) is 0 Å². The van der Waals surface area contributed by atoms with Crippen molar-refractivity contribution >= 4 is 0 Å². The van der Waals surface area contributed by atoms with Crippen LogP contribution in [0.4, 0.5) is 0 Å². The van der Waals surface area contributed by atoms with Crippen LogP contribution in [-0.4, -0.2) is 28.4 Å². The molecule has 3 rings (SSSR count). The van der Waals surface area contributed by atoms with E-state index in [1.54, 1.807) is 0 Å². The van der Waals surface area contributed by atoms with Crippen LogP contribution < -0.4 is 0 Å². The molecule has 0 aromatic rings. The molecule has 0 saturated carbocycles. The lowest BCUT2D eigenvalue weighted by Crippen LogP contribution is -2.41. The van der Waals surface area contributed by atoms with Crippen LogP contribution in [0.1, 0.15) is 13.8 Å². The zero-order valence-corrected chi connectivity index (χ0v) is 8.97. The molecule has 1 N–H and O–H groups in total. The van der Waals surface area contributed by atoms with E-state index in [9.17, 15) is 5.11 Å². The fraction of sp³-hybridized carbons (Fsp3) is 0.500. The summed E-state index contributed by atoms with van der Waals surface area (Å²) in [6.45, 7) is 4.85. The molecule has 2 atom stereocenters. The monoisotopic (exact) mass is 205 g/mol. The van der Waals surface area contributed by atoms with Gasteiger partial charge in [-0.05, 0) is 13.8 Å². The van der Waals surface area contributed by atoms with Crippen molar-refractivity contribution in [3.8, 4) is 0 Å². The molecule has 0 bridgehead atoms. The number of aliphatic hydroxyl groups is 1. The lowest BCUT2D eigenvalue weighted by molar-refractivity contribution is 0.0212. The van der Waals surface area contributed by atoms with E-state index in [1.807, 2.05) is 23.1 Å². The second-order valence-electron chi connectivity index (χ2n) is 4.93. The molecule has 3 heteroatoms. The van der Waals surface area contributed by atoms with Crippen LogP contribution in [0.3, 0.4) is 0 Å². The highest BCUT2D eigenvalue weighted by atomic mass is 16.5. The predicted molar refractivity (Wildman–Crippen MR) is 57.1 cm³/mol. The molecule has 0 unspecified atom stereocenters. The number of hydrogen-bond donors (Lipinski definition) is 1. The molecule has 2 aliphatic heterocycles. The minimum Gasteiger partial charge on any atom is -0.494 e. The fourth-order valence-corrected chi connectivity index (χ4v) is 2.62. The van der Waals surface area contributed by atoms with Gasteiger partial charge in [-0.25, -0.2) is 0 Å². The summed E-state index contributed by atoms with van der Waals surface area (Å²) in [6.07, 6.45) is 8.02. The van der Waals surface area contributed by atoms with Crippen molar-refractivity contribution in [1.29, 1.82) is 0 Å². The first kappa shape index (κ1) is 9.04. The fourth-order valence-electron chi connectivity index (χ4n) is 2.62. The Kier molecular flexibility index (Phi) is 1.61. The number of fused-ring (bicyclic) bond motifs is 3. The van der Waals surface area contributed by atoms with Crippen molar-refractivity contribution in [3.05, 3.63) is 35.8 Å². The number of rotatable bonds is 0. The molecule has 1 aliphatic carbocycles. The van der Waals surface area contributed by atoms with Gasteiger partial charge in [0.25, 0.3) is 0 Å². The van der Waals surface area contributed by atoms with Crippen LogP contribution in [-0.2, 0) is 4.74 Å². The molecule has 0 aromatic carbocycles. The van der Waals surface area contributed by atoms with E-state index in [-0.39, 0.29) is 17.7 Å². The number of ether oxygens (including phenoxy) is 1. The second-order valence-corrected chi connectivity index (χ2v) is 4.93. The van der Waals surface area contributed by atoms with E-state index < -0.39 is 0 Å². The number of nitrogens with zero attached hydrogens (tertiary/aromatic N) is 1. The third-order valence-electron chi connectivity index (χ3n) is 3.37. The van der Waals surface area contributed by atoms with Crippen molar-refractivity contribution in [1.82, 2.24) is 4.90 Å². The second kappa shape index (κ2) is 2.67. The molecule has 0 radical (unpaired) electrons. The Morgan fingerprint density at radius 2 is 2.27 bits per heavy atom. The van der Waals surface area contributed by atoms with Crippen molar-refractivity contribution in [3.63, 3.8) is 0 Å². The maximum absolute atomic E-state index is 10.2. The molecule has 1 fully saturated rings. The topological polar surface area (TPSA) is 32.7 Å². The third kappa shape index (κ3) is 1.04. The van der Waals surface area contributed by atoms with Crippen molar-refractivity contribution in [2.24, 2.45) is 5.92 Å². The van der Waals surface area contributed by atoms with Gasteiger partial charge in [0.05, 0.1) is 18.1 Å². The van der Waals surface area contributed by atoms with Gasteiger partial charge >= 0.3 is 0 Å². The molecule has 3 aliphatic rings. The molecule has 2 heterocycles. The summed E-state index contributed by atoms with van der Waals surface area (Å²) >= 11 is 0. The average Bonchev–Trinajstić information content (AvgIpc) is 2.67. The molecular weight excluding hydrogens is 190 g/mol. The van der Waals surface area contributed by atoms with E-state index >= 15 is 0 Å². The molecule has 1 saturated heterocycles. The normalized spacial score (nSPS) is 36.0. The minimum atomic E-state index is -0.110. The quantitative estimate of drug-likeness (QED) is 0.656. The molecule has 0 amide bonds. The van der Waals surface area contributed by atoms with Crippen LogP contribution in [0.15, 0.2) is 35.8 Å². The Labute approximate surface area is 89.3 Å². The summed E-state index contributed by atoms with van der Waals surface area (Å²) in [5, 5.41) is 10.2. The van der Waals surface area contributed by atoms with Gasteiger partial charge in [0, 0.05) is 5.57 Å². The number of hydrogen-bond acceptors (Lipinski definition) is 3. The van der Waals surface area contributed by atoms with Gasteiger partial charge in [-0.1, -0.05) is 24.3 Å². The minimum absolute atomic E-state index is 0.0174. The van der Waals surface area contributed by atoms with Crippen molar-refractivity contribution in [2.75, 3.05) is 6.61 Å². The molecular formula is C12H15NO2. The maximum atomic E-state index is 10.2. The Bertz CT molecular complexity index is 392. The van der Waals surface area contributed by atoms with E-state index in [1.165, 1.54) is 0 Å². The lowest BCUT2D eigenvalue weighted by atomic mass is 9.96. The van der Waals surface area contributed by atoms with Crippen LogP contribution in [0.5, 0.6) is 0 Å². The predicted octanol–water partition coefficient (Wildman–Crippen LogP) is 1.95. The molecule has 0 spiro atoms. The maximum Gasteiger partial charge on any atom is 0.193 e. The Morgan fingerprint density at radius 1 is 1.47 bits per heavy atom. The molecule has 0 aromatic heterocycles. The standard InChI is InChI=1S/C12H15NO2/c1-12(2)7-15-11-9-6-4-3-5-8(9)10(14)13(11)12/h3-6,9,11,14H,7H2,1-2H3/t9-,11-/m0/s1. The summed E-state index contributed by atoms with van der Waals surface area (Å²) in [5.74, 6) is 0.574. The summed E-state index contributed by atoms with van der Waals surface area (Å²) in [5.41, 5.74) is 0.871. The van der Waals surface area contributed by atoms with Gasteiger partial charge in [0.2, 0.25) is 0 Å². The summed E-state index contributed by atoms with van der Waals surface area (Å²) in [7, 11) is 0. The Morgan fingerprint density at radius 3 is 3.07 bits per heavy atom. The van der Waals surface area contributed by atoms with E-state index in [0.717, 1.165) is 5.57 Å². The zero-order valence-electron chi connectivity index (χ0n) is 8.97. The van der Waals surface area contributed by atoms with Crippen molar-refractivity contribution in [2.45, 2.75) is 25.6 Å². The van der Waals surface area contributed by atoms with Crippen LogP contribution in [0, 0.1) is 5.92 Å². The Balaban J connectivity index is 2.08. The van der Waals surface area contributed by atoms with Gasteiger partial charge in [0.1, 0.15) is 6.23 Å². The number of allylic oxidation sites excluding steroid dienone is 3. The molecule has 3 nitrogen and oxygen atoms in total. The summed E-state index contributed by atoms with van der Waals surface area (Å²) in [6, 6.07) is 0. The average molecular weight is 205 g/mol. The van der Waals surface area contributed by atoms with Gasteiger partial charge in [-0.3, -0.25) is 0 Å². The first-order valence-corrected chi connectivity index (χ1v) is 5.30. The van der Waals surface area contributed by atoms with Gasteiger partial charge in [-0.2, -0.15) is 0 Å². The van der Waals surface area contributed by atoms with Crippen molar-refractivity contribution < 1.29 is 9.84 Å². The van der Waals surface area contributed by atoms with Gasteiger partial charge in [-0.15, -0.1) is 0 Å². The number of aliphatic hydroxyl groups excluding tert-OH is 1. The zero-order chi connectivity index (χ0) is 10.6. The van der Waals surface area contributed by atoms with Crippen LogP contribution >= 0.6 is 0 Å². The Hall–Kier alpha value is -1.22. The molecule has 15 heavy (non-hydrogen) atoms. The highest BCUT2D eigenvalue weighted by Crippen LogP contribution is 2.44. The smallest absolute Gasteiger partial charge is 0.193 e. The van der Waals surface area contributed by atoms with Gasteiger partial charge < -0.3 is 14.7 Å². The van der Waals surface area contributed by atoms with E-state index in [2.05, 4.69) is 19.9 Å². The molecule has 80 valence electrons. The first-order valence-electron chi connectivity index (χ1n) is 5.30. The SMILES string of the molecule is CC1(C)CO[C@H]2[C@H]3C=CC=CC3=C(O)N21. The highest BCUT2D eigenvalue weighted by molar-refractivity contribution is 5.40. The summed E-state index contributed by atoms with van der Waals surface area (Å²) < 4.78 is 5.77. The summed E-state index contributed by atoms with van der Waals surface area (Å²) in [4.78, 5) is 1.99. The lowest BCUT2D eigenvalue weighted by Gasteiger charge is -2.30. The first-order chi connectivity index (χ1) is 7.11. The highest BCUT2D eigenvalue weighted by Gasteiger charge is 2.51. The van der Waals surface area contributed by atoms with E-state index in [0.29, 0.717) is 12.5 Å².